The molecule has 2 heterocycles. The van der Waals surface area contributed by atoms with E-state index >= 15 is 0 Å². The maximum absolute atomic E-state index is 13.1. The van der Waals surface area contributed by atoms with Gasteiger partial charge in [0.05, 0.1) is 11.7 Å². The number of carbonyl (C=O) groups excluding carboxylic acids is 1. The molecule has 2 unspecified atom stereocenters. The van der Waals surface area contributed by atoms with E-state index in [1.54, 1.807) is 17.0 Å². The van der Waals surface area contributed by atoms with Gasteiger partial charge in [-0.1, -0.05) is 18.2 Å². The van der Waals surface area contributed by atoms with Crippen molar-refractivity contribution >= 4 is 11.6 Å². The third-order valence-corrected chi connectivity index (χ3v) is 4.76. The molecule has 2 aliphatic rings. The largest absolute Gasteiger partial charge is 0.504 e. The molecule has 6 nitrogen and oxygen atoms in total. The molecular formula is C19H20N2O4. The number of phenolic OH excluding ortho intramolecular Hbond substituents is 2. The van der Waals surface area contributed by atoms with Gasteiger partial charge in [0.1, 0.15) is 6.17 Å². The van der Waals surface area contributed by atoms with E-state index in [4.69, 9.17) is 4.74 Å². The maximum atomic E-state index is 13.1. The Kier molecular flexibility index (Phi) is 3.97. The maximum Gasteiger partial charge on any atom is 0.257 e. The molecule has 0 aliphatic carbocycles. The fourth-order valence-corrected chi connectivity index (χ4v) is 3.46. The molecule has 25 heavy (non-hydrogen) atoms. The lowest BCUT2D eigenvalue weighted by molar-refractivity contribution is 0.0426. The lowest BCUT2D eigenvalue weighted by atomic mass is 10.0. The Morgan fingerprint density at radius 1 is 1.16 bits per heavy atom. The summed E-state index contributed by atoms with van der Waals surface area (Å²) in [7, 11) is 0. The summed E-state index contributed by atoms with van der Waals surface area (Å²) in [5.41, 5.74) is 2.09. The fraction of sp³-hybridized carbons (Fsp3) is 0.316. The highest BCUT2D eigenvalue weighted by Crippen LogP contribution is 2.36. The number of hydrogen-bond acceptors (Lipinski definition) is 5. The third kappa shape index (κ3) is 2.89. The van der Waals surface area contributed by atoms with Crippen LogP contribution in [-0.4, -0.2) is 40.3 Å². The van der Waals surface area contributed by atoms with Crippen LogP contribution in [0.2, 0.25) is 0 Å². The number of nitrogens with zero attached hydrogens (tertiary/aromatic N) is 1. The van der Waals surface area contributed by atoms with Crippen LogP contribution in [0.4, 0.5) is 5.69 Å². The van der Waals surface area contributed by atoms with Gasteiger partial charge in [-0.05, 0) is 42.7 Å². The molecule has 2 aromatic rings. The minimum absolute atomic E-state index is 0.0178. The number of anilines is 1. The van der Waals surface area contributed by atoms with Gasteiger partial charge in [-0.3, -0.25) is 4.79 Å². The molecular weight excluding hydrogens is 320 g/mol. The number of nitrogens with one attached hydrogen (secondary N) is 1. The molecule has 3 N–H and O–H groups in total. The van der Waals surface area contributed by atoms with Gasteiger partial charge in [0.2, 0.25) is 0 Å². The Labute approximate surface area is 145 Å². The normalized spacial score (nSPS) is 22.6. The van der Waals surface area contributed by atoms with E-state index in [0.717, 1.165) is 25.1 Å². The highest BCUT2D eigenvalue weighted by molar-refractivity contribution is 6.01. The van der Waals surface area contributed by atoms with Crippen LogP contribution in [0.15, 0.2) is 42.5 Å². The number of hydrogen-bond donors (Lipinski definition) is 3. The quantitative estimate of drug-likeness (QED) is 0.749. The topological polar surface area (TPSA) is 82.0 Å². The summed E-state index contributed by atoms with van der Waals surface area (Å²) in [6.07, 6.45) is 1.52. The minimum Gasteiger partial charge on any atom is -0.504 e. The number of carbonyl (C=O) groups is 1. The van der Waals surface area contributed by atoms with Crippen LogP contribution in [0, 0.1) is 0 Å². The molecule has 0 aromatic heterocycles. The number of aromatic hydroxyl groups is 2. The fourth-order valence-electron chi connectivity index (χ4n) is 3.46. The summed E-state index contributed by atoms with van der Waals surface area (Å²) in [5.74, 6) is -0.456. The van der Waals surface area contributed by atoms with Gasteiger partial charge < -0.3 is 25.2 Å². The number of ether oxygens (including phenoxy) is 1. The lowest BCUT2D eigenvalue weighted by Crippen LogP contribution is -2.46. The number of benzene rings is 2. The molecule has 0 radical (unpaired) electrons. The molecule has 2 aromatic carbocycles. The standard InChI is InChI=1S/C19H20N2O4/c22-16-8-7-12(10-17(16)23)18-20-15-6-2-1-5-14(15)19(24)21(18)11-13-4-3-9-25-13/h1-2,5-8,10,13,18,20,22-23H,3-4,9,11H2. The van der Waals surface area contributed by atoms with Gasteiger partial charge in [-0.25, -0.2) is 0 Å². The zero-order valence-electron chi connectivity index (χ0n) is 13.7. The predicted molar refractivity (Wildman–Crippen MR) is 92.6 cm³/mol. The van der Waals surface area contributed by atoms with E-state index < -0.39 is 6.17 Å². The summed E-state index contributed by atoms with van der Waals surface area (Å²) in [5, 5.41) is 22.8. The van der Waals surface area contributed by atoms with Crippen molar-refractivity contribution in [2.24, 2.45) is 0 Å². The summed E-state index contributed by atoms with van der Waals surface area (Å²) < 4.78 is 5.71. The van der Waals surface area contributed by atoms with Crippen molar-refractivity contribution in [1.82, 2.24) is 4.90 Å². The van der Waals surface area contributed by atoms with Crippen LogP contribution in [-0.2, 0) is 4.74 Å². The van der Waals surface area contributed by atoms with E-state index in [1.807, 2.05) is 18.2 Å². The van der Waals surface area contributed by atoms with Gasteiger partial charge in [-0.2, -0.15) is 0 Å². The summed E-state index contributed by atoms with van der Waals surface area (Å²) in [6.45, 7) is 1.20. The first-order chi connectivity index (χ1) is 12.1. The number of phenols is 2. The predicted octanol–water partition coefficient (Wildman–Crippen LogP) is 2.84. The second-order valence-corrected chi connectivity index (χ2v) is 6.43. The Balaban J connectivity index is 1.72. The third-order valence-electron chi connectivity index (χ3n) is 4.76. The zero-order chi connectivity index (χ0) is 17.4. The van der Waals surface area contributed by atoms with Crippen LogP contribution in [0.25, 0.3) is 0 Å². The van der Waals surface area contributed by atoms with Crippen LogP contribution >= 0.6 is 0 Å². The zero-order valence-corrected chi connectivity index (χ0v) is 13.7. The lowest BCUT2D eigenvalue weighted by Gasteiger charge is -2.39. The molecule has 0 saturated carbocycles. The summed E-state index contributed by atoms with van der Waals surface area (Å²) in [4.78, 5) is 14.8. The molecule has 130 valence electrons. The molecule has 1 saturated heterocycles. The Morgan fingerprint density at radius 3 is 2.76 bits per heavy atom. The van der Waals surface area contributed by atoms with Crippen LogP contribution < -0.4 is 5.32 Å². The molecule has 1 amide bonds. The van der Waals surface area contributed by atoms with E-state index in [1.165, 1.54) is 12.1 Å². The highest BCUT2D eigenvalue weighted by atomic mass is 16.5. The molecule has 1 fully saturated rings. The van der Waals surface area contributed by atoms with Gasteiger partial charge in [-0.15, -0.1) is 0 Å². The summed E-state index contributed by atoms with van der Waals surface area (Å²) >= 11 is 0. The number of para-hydroxylation sites is 1. The van der Waals surface area contributed by atoms with Crippen molar-refractivity contribution in [1.29, 1.82) is 0 Å². The monoisotopic (exact) mass is 340 g/mol. The first-order valence-electron chi connectivity index (χ1n) is 8.43. The van der Waals surface area contributed by atoms with E-state index in [-0.39, 0.29) is 23.5 Å². The van der Waals surface area contributed by atoms with Gasteiger partial charge in [0.25, 0.3) is 5.91 Å². The average Bonchev–Trinajstić information content (AvgIpc) is 3.13. The van der Waals surface area contributed by atoms with Crippen molar-refractivity contribution < 1.29 is 19.7 Å². The van der Waals surface area contributed by atoms with Crippen molar-refractivity contribution in [3.63, 3.8) is 0 Å². The van der Waals surface area contributed by atoms with Crippen molar-refractivity contribution in [3.8, 4) is 11.5 Å². The Morgan fingerprint density at radius 2 is 2.00 bits per heavy atom. The molecule has 2 aliphatic heterocycles. The van der Waals surface area contributed by atoms with Crippen LogP contribution in [0.3, 0.4) is 0 Å². The van der Waals surface area contributed by atoms with Crippen molar-refractivity contribution in [2.75, 3.05) is 18.5 Å². The number of rotatable bonds is 3. The first-order valence-corrected chi connectivity index (χ1v) is 8.43. The highest BCUT2D eigenvalue weighted by Gasteiger charge is 2.35. The first kappa shape index (κ1) is 15.8. The average molecular weight is 340 g/mol. The molecule has 2 atom stereocenters. The second kappa shape index (κ2) is 6.29. The van der Waals surface area contributed by atoms with Crippen molar-refractivity contribution in [2.45, 2.75) is 25.1 Å². The second-order valence-electron chi connectivity index (χ2n) is 6.43. The number of fused-ring (bicyclic) bond motifs is 1. The van der Waals surface area contributed by atoms with Gasteiger partial charge in [0.15, 0.2) is 11.5 Å². The van der Waals surface area contributed by atoms with E-state index in [2.05, 4.69) is 5.32 Å². The van der Waals surface area contributed by atoms with Crippen LogP contribution in [0.5, 0.6) is 11.5 Å². The Bertz CT molecular complexity index is 802. The molecule has 4 rings (SSSR count). The Hall–Kier alpha value is -2.73. The van der Waals surface area contributed by atoms with Crippen LogP contribution in [0.1, 0.15) is 34.9 Å². The molecule has 0 bridgehead atoms. The minimum atomic E-state index is -0.432. The van der Waals surface area contributed by atoms with E-state index in [9.17, 15) is 15.0 Å². The van der Waals surface area contributed by atoms with Gasteiger partial charge in [0, 0.05) is 18.8 Å². The molecule has 6 heteroatoms. The SMILES string of the molecule is O=C1c2ccccc2NC(c2ccc(O)c(O)c2)N1CC1CCCO1. The van der Waals surface area contributed by atoms with Crippen molar-refractivity contribution in [3.05, 3.63) is 53.6 Å². The van der Waals surface area contributed by atoms with Gasteiger partial charge >= 0.3 is 0 Å². The van der Waals surface area contributed by atoms with E-state index in [0.29, 0.717) is 17.7 Å². The molecule has 0 spiro atoms. The summed E-state index contributed by atoms with van der Waals surface area (Å²) in [6, 6.07) is 12.0. The number of amides is 1. The smallest absolute Gasteiger partial charge is 0.257 e.